The molecule has 0 aliphatic carbocycles. The van der Waals surface area contributed by atoms with Crippen LogP contribution in [-0.4, -0.2) is 10.9 Å². The fraction of sp³-hybridized carbons (Fsp3) is 0.625. The molecule has 0 fully saturated rings. The van der Waals surface area contributed by atoms with Crippen molar-refractivity contribution in [3.8, 4) is 0 Å². The average Bonchev–Trinajstić information content (AvgIpc) is 1.91. The molecule has 11 heteroatoms. The van der Waals surface area contributed by atoms with E-state index in [0.717, 1.165) is 0 Å². The predicted molar refractivity (Wildman–Crippen MR) is 42.6 cm³/mol. The van der Waals surface area contributed by atoms with Gasteiger partial charge >= 0.3 is 0 Å². The van der Waals surface area contributed by atoms with Gasteiger partial charge in [0.05, 0.1) is 0 Å². The molecule has 0 saturated heterocycles. The maximum atomic E-state index is 5.11. The van der Waals surface area contributed by atoms with Crippen LogP contribution in [0.15, 0.2) is 6.20 Å². The molecular formula is C8H17NV9Y-2. The average molecular weight is 675 g/mol. The second-order valence-corrected chi connectivity index (χ2v) is 1.76. The van der Waals surface area contributed by atoms with Crippen LogP contribution in [0.4, 0.5) is 0 Å². The summed E-state index contributed by atoms with van der Waals surface area (Å²) in [5, 5.41) is 0. The van der Waals surface area contributed by atoms with E-state index in [0.29, 0.717) is 6.04 Å². The summed E-state index contributed by atoms with van der Waals surface area (Å²) in [4.78, 5) is 1.69. The molecule has 0 spiro atoms. The van der Waals surface area contributed by atoms with Gasteiger partial charge in [-0.25, -0.2) is 6.20 Å². The standard InChI is InChI=1S/C6H11N.C2H6.9V.Y/c1-5-7(4)6(2)3;1-2;;;;;;;;;;/h1,5-6H,4H2,2-3H3;1-2H3;;;;;;;;;;/q-2;;;;;;;;;;;. The Labute approximate surface area is 253 Å². The van der Waals surface area contributed by atoms with Gasteiger partial charge in [0.2, 0.25) is 0 Å². The minimum absolute atomic E-state index is 0. The molecule has 104 valence electrons. The second-order valence-electron chi connectivity index (χ2n) is 1.76. The van der Waals surface area contributed by atoms with Crippen LogP contribution in [0.5, 0.6) is 0 Å². The number of hydrogen-bond donors (Lipinski definition) is 0. The van der Waals surface area contributed by atoms with E-state index >= 15 is 0 Å². The molecule has 0 heterocycles. The monoisotopic (exact) mass is 675 g/mol. The molecule has 0 aromatic heterocycles. The first-order valence-electron chi connectivity index (χ1n) is 3.32. The van der Waals surface area contributed by atoms with Crippen molar-refractivity contribution in [3.05, 3.63) is 19.8 Å². The first-order valence-corrected chi connectivity index (χ1v) is 3.32. The Hall–Kier alpha value is 5.90. The third-order valence-electron chi connectivity index (χ3n) is 0.855. The van der Waals surface area contributed by atoms with Crippen LogP contribution >= 0.6 is 0 Å². The summed E-state index contributed by atoms with van der Waals surface area (Å²) in [6, 6.07) is 0.407. The topological polar surface area (TPSA) is 3.24 Å². The maximum Gasteiger partial charge on any atom is 0 e. The van der Waals surface area contributed by atoms with Gasteiger partial charge in [-0.15, -0.1) is 0 Å². The van der Waals surface area contributed by atoms with Crippen LogP contribution in [0.25, 0.3) is 0 Å². The molecule has 0 atom stereocenters. The van der Waals surface area contributed by atoms with Crippen molar-refractivity contribution >= 4 is 0 Å². The fourth-order valence-electron chi connectivity index (χ4n) is 0.172. The second kappa shape index (κ2) is 75.3. The van der Waals surface area contributed by atoms with Gasteiger partial charge in [0.1, 0.15) is 0 Å². The van der Waals surface area contributed by atoms with Gasteiger partial charge in [0.15, 0.2) is 0 Å². The van der Waals surface area contributed by atoms with Gasteiger partial charge < -0.3 is 11.5 Å². The largest absolute Gasteiger partial charge is 0.558 e. The molecule has 19 heavy (non-hydrogen) atoms. The van der Waals surface area contributed by atoms with Crippen LogP contribution in [0.3, 0.4) is 0 Å². The van der Waals surface area contributed by atoms with E-state index in [9.17, 15) is 0 Å². The van der Waals surface area contributed by atoms with Crippen LogP contribution in [0, 0.1) is 13.6 Å². The van der Waals surface area contributed by atoms with E-state index in [2.05, 4.69) is 7.05 Å². The molecule has 0 rings (SSSR count). The molecule has 0 aromatic carbocycles. The Bertz CT molecular complexity index is 81.2. The molecule has 0 aromatic rings. The van der Waals surface area contributed by atoms with Crippen LogP contribution in [0.1, 0.15) is 27.7 Å². The van der Waals surface area contributed by atoms with E-state index in [1.54, 1.807) is 4.90 Å². The third kappa shape index (κ3) is 80.9. The summed E-state index contributed by atoms with van der Waals surface area (Å²) in [7, 11) is 3.61. The van der Waals surface area contributed by atoms with Crippen LogP contribution < -0.4 is 0 Å². The minimum Gasteiger partial charge on any atom is -0.558 e. The Kier molecular flexibility index (Phi) is 339. The summed E-state index contributed by atoms with van der Waals surface area (Å²) in [5.41, 5.74) is 0. The van der Waals surface area contributed by atoms with E-state index < -0.39 is 0 Å². The number of hydrogen-bond acceptors (Lipinski definition) is 1. The zero-order valence-corrected chi connectivity index (χ0v) is 26.9. The maximum absolute atomic E-state index is 5.11. The zero-order valence-electron chi connectivity index (χ0n) is 11.5. The van der Waals surface area contributed by atoms with E-state index in [1.807, 2.05) is 27.7 Å². The quantitative estimate of drug-likeness (QED) is 0.408. The number of rotatable bonds is 2. The van der Waals surface area contributed by atoms with Crippen molar-refractivity contribution in [1.29, 1.82) is 0 Å². The normalized spacial score (nSPS) is 3.68. The van der Waals surface area contributed by atoms with Gasteiger partial charge in [-0.2, -0.15) is 0 Å². The summed E-state index contributed by atoms with van der Waals surface area (Å²) >= 11 is 0. The molecule has 0 amide bonds. The van der Waals surface area contributed by atoms with Crippen molar-refractivity contribution in [2.24, 2.45) is 0 Å². The summed E-state index contributed by atoms with van der Waals surface area (Å²) < 4.78 is 0. The van der Waals surface area contributed by atoms with Crippen molar-refractivity contribution in [1.82, 2.24) is 4.90 Å². The summed E-state index contributed by atoms with van der Waals surface area (Å²) in [6.07, 6.45) is 1.46. The molecule has 0 bridgehead atoms. The molecule has 0 aliphatic heterocycles. The van der Waals surface area contributed by atoms with Crippen LogP contribution in [-0.2, 0) is 200 Å². The van der Waals surface area contributed by atoms with Crippen molar-refractivity contribution in [2.45, 2.75) is 33.7 Å². The van der Waals surface area contributed by atoms with Gasteiger partial charge in [0, 0.05) is 200 Å². The summed E-state index contributed by atoms with van der Waals surface area (Å²) in [6.45, 7) is 13.2. The number of nitrogens with zero attached hydrogens (tertiary/aromatic N) is 1. The first kappa shape index (κ1) is 85.5. The van der Waals surface area contributed by atoms with E-state index in [-0.39, 0.29) is 200 Å². The molecule has 0 saturated carbocycles. The first-order chi connectivity index (χ1) is 4.18. The van der Waals surface area contributed by atoms with E-state index in [1.165, 1.54) is 6.20 Å². The molecule has 0 aliphatic rings. The Morgan fingerprint density at radius 3 is 0.947 bits per heavy atom. The van der Waals surface area contributed by atoms with E-state index in [4.69, 9.17) is 6.58 Å². The van der Waals surface area contributed by atoms with Gasteiger partial charge in [-0.3, -0.25) is 7.05 Å². The van der Waals surface area contributed by atoms with Gasteiger partial charge in [0.25, 0.3) is 0 Å². The molecule has 10 radical (unpaired) electrons. The third-order valence-corrected chi connectivity index (χ3v) is 0.855. The molecule has 1 nitrogen and oxygen atoms in total. The minimum atomic E-state index is 0. The molecular weight excluding hydrogens is 657 g/mol. The summed E-state index contributed by atoms with van der Waals surface area (Å²) in [5.74, 6) is 0. The van der Waals surface area contributed by atoms with Crippen molar-refractivity contribution in [2.75, 3.05) is 0 Å². The van der Waals surface area contributed by atoms with Gasteiger partial charge in [-0.1, -0.05) is 13.8 Å². The molecule has 0 unspecified atom stereocenters. The smallest absolute Gasteiger partial charge is 0 e. The Morgan fingerprint density at radius 1 is 0.789 bits per heavy atom. The SMILES string of the molecule is CC.[CH-]=CN([CH2-])C(C)C.[V].[V].[V].[V].[V].[V].[V].[V].[V].[Y]. The Morgan fingerprint density at radius 2 is 0.947 bits per heavy atom. The fourth-order valence-corrected chi connectivity index (χ4v) is 0.172. The Balaban J connectivity index is -0.00000000391. The molecule has 0 N–H and O–H groups in total. The van der Waals surface area contributed by atoms with Crippen LogP contribution in [0.2, 0.25) is 0 Å². The zero-order chi connectivity index (χ0) is 7.86. The predicted octanol–water partition coefficient (Wildman–Crippen LogP) is 2.44. The van der Waals surface area contributed by atoms with Crippen molar-refractivity contribution < 1.29 is 200 Å². The van der Waals surface area contributed by atoms with Crippen molar-refractivity contribution in [3.63, 3.8) is 0 Å². The van der Waals surface area contributed by atoms with Gasteiger partial charge in [-0.05, 0) is 19.9 Å².